The van der Waals surface area contributed by atoms with Crippen molar-refractivity contribution in [3.63, 3.8) is 0 Å². The zero-order valence-corrected chi connectivity index (χ0v) is 11.7. The van der Waals surface area contributed by atoms with Crippen LogP contribution < -0.4 is 5.32 Å². The first kappa shape index (κ1) is 13.6. The van der Waals surface area contributed by atoms with Crippen molar-refractivity contribution in [3.8, 4) is 0 Å². The molecule has 110 valence electrons. The predicted octanol–water partition coefficient (Wildman–Crippen LogP) is 1.72. The minimum absolute atomic E-state index is 0.0951. The Balaban J connectivity index is 1.60. The Morgan fingerprint density at radius 1 is 1.30 bits per heavy atom. The molecule has 2 aliphatic carbocycles. The summed E-state index contributed by atoms with van der Waals surface area (Å²) in [6.07, 6.45) is 8.08. The number of amides is 1. The van der Waals surface area contributed by atoms with Gasteiger partial charge in [0.15, 0.2) is 0 Å². The Labute approximate surface area is 118 Å². The zero-order valence-electron chi connectivity index (χ0n) is 11.7. The van der Waals surface area contributed by atoms with Crippen molar-refractivity contribution in [3.05, 3.63) is 17.0 Å². The van der Waals surface area contributed by atoms with Gasteiger partial charge in [-0.1, -0.05) is 24.4 Å². The fourth-order valence-electron chi connectivity index (χ4n) is 3.39. The maximum absolute atomic E-state index is 12.3. The first-order valence-corrected chi connectivity index (χ1v) is 7.65. The summed E-state index contributed by atoms with van der Waals surface area (Å²) in [7, 11) is 0. The fraction of sp³-hybridized carbons (Fsp3) is 0.733. The second-order valence-corrected chi connectivity index (χ2v) is 5.97. The van der Waals surface area contributed by atoms with Gasteiger partial charge in [0.1, 0.15) is 11.5 Å². The molecule has 1 aromatic rings. The Morgan fingerprint density at radius 2 is 2.10 bits per heavy atom. The maximum atomic E-state index is 12.3. The Bertz CT molecular complexity index is 464. The second-order valence-electron chi connectivity index (χ2n) is 5.97. The van der Waals surface area contributed by atoms with Crippen molar-refractivity contribution in [2.75, 3.05) is 0 Å². The van der Waals surface area contributed by atoms with Gasteiger partial charge in [0.25, 0.3) is 0 Å². The summed E-state index contributed by atoms with van der Waals surface area (Å²) in [6.45, 7) is -0.0951. The van der Waals surface area contributed by atoms with Crippen LogP contribution in [0.1, 0.15) is 55.5 Å². The van der Waals surface area contributed by atoms with E-state index in [2.05, 4.69) is 10.5 Å². The van der Waals surface area contributed by atoms with Crippen LogP contribution in [0.15, 0.2) is 4.52 Å². The van der Waals surface area contributed by atoms with E-state index in [4.69, 9.17) is 4.52 Å². The van der Waals surface area contributed by atoms with Crippen LogP contribution in [0.25, 0.3) is 0 Å². The van der Waals surface area contributed by atoms with E-state index in [-0.39, 0.29) is 24.5 Å². The van der Waals surface area contributed by atoms with Crippen molar-refractivity contribution >= 4 is 5.91 Å². The van der Waals surface area contributed by atoms with Gasteiger partial charge < -0.3 is 14.9 Å². The molecular weight excluding hydrogens is 256 g/mol. The topological polar surface area (TPSA) is 75.4 Å². The SMILES string of the molecule is O=C(NC1CCc2onc(CO)c2C1)C1CCCCC1. The number of aryl methyl sites for hydroxylation is 1. The highest BCUT2D eigenvalue weighted by atomic mass is 16.5. The molecule has 20 heavy (non-hydrogen) atoms. The highest BCUT2D eigenvalue weighted by molar-refractivity contribution is 5.79. The number of aliphatic hydroxyl groups is 1. The molecule has 1 atom stereocenters. The third-order valence-corrected chi connectivity index (χ3v) is 4.59. The average molecular weight is 278 g/mol. The van der Waals surface area contributed by atoms with Crippen LogP contribution in [0.3, 0.4) is 0 Å². The highest BCUT2D eigenvalue weighted by Gasteiger charge is 2.28. The number of aliphatic hydroxyl groups excluding tert-OH is 1. The second kappa shape index (κ2) is 5.95. The quantitative estimate of drug-likeness (QED) is 0.882. The number of hydrogen-bond acceptors (Lipinski definition) is 4. The van der Waals surface area contributed by atoms with Gasteiger partial charge in [-0.15, -0.1) is 0 Å². The van der Waals surface area contributed by atoms with Gasteiger partial charge in [-0.25, -0.2) is 0 Å². The molecule has 1 fully saturated rings. The molecule has 1 saturated carbocycles. The van der Waals surface area contributed by atoms with Gasteiger partial charge >= 0.3 is 0 Å². The number of aromatic nitrogens is 1. The number of nitrogens with one attached hydrogen (secondary N) is 1. The van der Waals surface area contributed by atoms with E-state index in [9.17, 15) is 9.90 Å². The Hall–Kier alpha value is -1.36. The van der Waals surface area contributed by atoms with Crippen LogP contribution in [0, 0.1) is 5.92 Å². The smallest absolute Gasteiger partial charge is 0.223 e. The standard InChI is InChI=1S/C15H22N2O3/c18-9-13-12-8-11(6-7-14(12)20-17-13)16-15(19)10-4-2-1-3-5-10/h10-11,18H,1-9H2,(H,16,19). The van der Waals surface area contributed by atoms with E-state index >= 15 is 0 Å². The lowest BCUT2D eigenvalue weighted by atomic mass is 9.87. The molecule has 0 spiro atoms. The van der Waals surface area contributed by atoms with Gasteiger partial charge in [0.2, 0.25) is 5.91 Å². The summed E-state index contributed by atoms with van der Waals surface area (Å²) in [4.78, 5) is 12.3. The first-order chi connectivity index (χ1) is 9.78. The molecule has 0 aliphatic heterocycles. The predicted molar refractivity (Wildman–Crippen MR) is 73.0 cm³/mol. The van der Waals surface area contributed by atoms with Crippen LogP contribution >= 0.6 is 0 Å². The lowest BCUT2D eigenvalue weighted by molar-refractivity contribution is -0.126. The number of fused-ring (bicyclic) bond motifs is 1. The third-order valence-electron chi connectivity index (χ3n) is 4.59. The summed E-state index contributed by atoms with van der Waals surface area (Å²) in [6, 6.07) is 0.154. The summed E-state index contributed by atoms with van der Waals surface area (Å²) in [5.41, 5.74) is 1.62. The van der Waals surface area contributed by atoms with Crippen LogP contribution in [0.4, 0.5) is 0 Å². The van der Waals surface area contributed by atoms with Gasteiger partial charge in [0, 0.05) is 23.9 Å². The molecule has 0 bridgehead atoms. The van der Waals surface area contributed by atoms with Crippen molar-refractivity contribution in [1.29, 1.82) is 0 Å². The highest BCUT2D eigenvalue weighted by Crippen LogP contribution is 2.27. The monoisotopic (exact) mass is 278 g/mol. The van der Waals surface area contributed by atoms with E-state index in [1.165, 1.54) is 19.3 Å². The van der Waals surface area contributed by atoms with Crippen molar-refractivity contribution in [2.45, 2.75) is 64.0 Å². The van der Waals surface area contributed by atoms with E-state index in [0.29, 0.717) is 5.69 Å². The molecule has 3 rings (SSSR count). The van der Waals surface area contributed by atoms with Gasteiger partial charge in [0.05, 0.1) is 6.61 Å². The number of nitrogens with zero attached hydrogens (tertiary/aromatic N) is 1. The number of carbonyl (C=O) groups is 1. The van der Waals surface area contributed by atoms with Crippen molar-refractivity contribution in [2.24, 2.45) is 5.92 Å². The number of hydrogen-bond donors (Lipinski definition) is 2. The van der Waals surface area contributed by atoms with Crippen LogP contribution in [0.2, 0.25) is 0 Å². The number of carbonyl (C=O) groups excluding carboxylic acids is 1. The fourth-order valence-corrected chi connectivity index (χ4v) is 3.39. The molecule has 1 heterocycles. The van der Waals surface area contributed by atoms with Gasteiger partial charge in [-0.2, -0.15) is 0 Å². The summed E-state index contributed by atoms with van der Waals surface area (Å²) >= 11 is 0. The van der Waals surface area contributed by atoms with E-state index in [1.807, 2.05) is 0 Å². The molecule has 1 aromatic heterocycles. The minimum atomic E-state index is -0.0951. The van der Waals surface area contributed by atoms with Crippen LogP contribution in [-0.4, -0.2) is 22.2 Å². The Morgan fingerprint density at radius 3 is 2.85 bits per heavy atom. The van der Waals surface area contributed by atoms with E-state index in [0.717, 1.165) is 43.4 Å². The molecule has 5 nitrogen and oxygen atoms in total. The molecule has 5 heteroatoms. The third kappa shape index (κ3) is 2.73. The summed E-state index contributed by atoms with van der Waals surface area (Å²) < 4.78 is 5.22. The van der Waals surface area contributed by atoms with Gasteiger partial charge in [-0.05, 0) is 25.7 Å². The molecule has 1 unspecified atom stereocenters. The first-order valence-electron chi connectivity index (χ1n) is 7.65. The average Bonchev–Trinajstić information content (AvgIpc) is 2.90. The van der Waals surface area contributed by atoms with E-state index < -0.39 is 0 Å². The number of rotatable bonds is 3. The van der Waals surface area contributed by atoms with E-state index in [1.54, 1.807) is 0 Å². The molecule has 0 saturated heterocycles. The van der Waals surface area contributed by atoms with Crippen LogP contribution in [-0.2, 0) is 24.2 Å². The molecule has 1 amide bonds. The Kier molecular flexibility index (Phi) is 4.05. The largest absolute Gasteiger partial charge is 0.390 e. The molecule has 0 radical (unpaired) electrons. The normalized spacial score (nSPS) is 23.4. The van der Waals surface area contributed by atoms with Crippen molar-refractivity contribution in [1.82, 2.24) is 10.5 Å². The van der Waals surface area contributed by atoms with Crippen LogP contribution in [0.5, 0.6) is 0 Å². The molecule has 2 aliphatic rings. The lowest BCUT2D eigenvalue weighted by Gasteiger charge is -2.26. The summed E-state index contributed by atoms with van der Waals surface area (Å²) in [5, 5.41) is 16.3. The lowest BCUT2D eigenvalue weighted by Crippen LogP contribution is -2.42. The molecular formula is C15H22N2O3. The van der Waals surface area contributed by atoms with Crippen molar-refractivity contribution < 1.29 is 14.4 Å². The summed E-state index contributed by atoms with van der Waals surface area (Å²) in [5.74, 6) is 1.28. The molecule has 2 N–H and O–H groups in total. The zero-order chi connectivity index (χ0) is 13.9. The van der Waals surface area contributed by atoms with Gasteiger partial charge in [-0.3, -0.25) is 4.79 Å². The molecule has 0 aromatic carbocycles. The maximum Gasteiger partial charge on any atom is 0.223 e. The minimum Gasteiger partial charge on any atom is -0.390 e.